The van der Waals surface area contributed by atoms with Gasteiger partial charge < -0.3 is 14.2 Å². The summed E-state index contributed by atoms with van der Waals surface area (Å²) in [6.07, 6.45) is -1.60. The first-order valence-electron chi connectivity index (χ1n) is 8.93. The molecule has 0 unspecified atom stereocenters. The second-order valence-corrected chi connectivity index (χ2v) is 7.63. The summed E-state index contributed by atoms with van der Waals surface area (Å²) in [4.78, 5) is 16.7. The van der Waals surface area contributed by atoms with Gasteiger partial charge in [-0.15, -0.1) is 10.2 Å². The number of anilines is 1. The molecule has 0 aliphatic rings. The van der Waals surface area contributed by atoms with Crippen LogP contribution in [0, 0.1) is 0 Å². The molecule has 7 nitrogen and oxygen atoms in total. The number of nitrogens with zero attached hydrogens (tertiary/aromatic N) is 3. The number of furan rings is 2. The van der Waals surface area contributed by atoms with Gasteiger partial charge in [-0.3, -0.25) is 4.79 Å². The number of carbonyl (C=O) groups is 1. The molecule has 12 heteroatoms. The minimum Gasteiger partial charge on any atom is -0.463 e. The standard InChI is InChI=1S/C20H12ClF3N4O3S/c21-12-6-5-11(20(22,23)24)9-13(12)25-16(29)10-32-19-26-17(14-3-1-7-30-14)18(27-28-19)15-4-2-8-31-15/h1-9H,10H2,(H,25,29). The third kappa shape index (κ3) is 4.94. The highest BCUT2D eigenvalue weighted by Crippen LogP contribution is 2.34. The molecule has 0 saturated heterocycles. The molecule has 0 saturated carbocycles. The number of rotatable bonds is 6. The smallest absolute Gasteiger partial charge is 0.416 e. The van der Waals surface area contributed by atoms with E-state index in [-0.39, 0.29) is 21.6 Å². The molecule has 32 heavy (non-hydrogen) atoms. The Bertz CT molecular complexity index is 1230. The summed E-state index contributed by atoms with van der Waals surface area (Å²) in [6.45, 7) is 0. The van der Waals surface area contributed by atoms with Gasteiger partial charge in [0, 0.05) is 0 Å². The van der Waals surface area contributed by atoms with E-state index in [1.165, 1.54) is 12.5 Å². The number of hydrogen-bond acceptors (Lipinski definition) is 7. The Morgan fingerprint density at radius 3 is 2.34 bits per heavy atom. The highest BCUT2D eigenvalue weighted by molar-refractivity contribution is 7.99. The maximum atomic E-state index is 12.9. The molecule has 1 aromatic carbocycles. The average molecular weight is 481 g/mol. The summed E-state index contributed by atoms with van der Waals surface area (Å²) >= 11 is 6.86. The lowest BCUT2D eigenvalue weighted by molar-refractivity contribution is -0.137. The average Bonchev–Trinajstić information content (AvgIpc) is 3.47. The van der Waals surface area contributed by atoms with Crippen molar-refractivity contribution in [1.82, 2.24) is 15.2 Å². The SMILES string of the molecule is O=C(CSc1nnc(-c2ccco2)c(-c2ccco2)n1)Nc1cc(C(F)(F)F)ccc1Cl. The van der Waals surface area contributed by atoms with Crippen LogP contribution in [-0.4, -0.2) is 26.8 Å². The normalized spacial score (nSPS) is 11.5. The monoisotopic (exact) mass is 480 g/mol. The fourth-order valence-electron chi connectivity index (χ4n) is 2.65. The van der Waals surface area contributed by atoms with Gasteiger partial charge in [0.1, 0.15) is 5.69 Å². The highest BCUT2D eigenvalue weighted by Gasteiger charge is 2.31. The Morgan fingerprint density at radius 2 is 1.72 bits per heavy atom. The maximum absolute atomic E-state index is 12.9. The van der Waals surface area contributed by atoms with Gasteiger partial charge in [-0.2, -0.15) is 13.2 Å². The molecule has 4 aromatic rings. The fourth-order valence-corrected chi connectivity index (χ4v) is 3.40. The van der Waals surface area contributed by atoms with Crippen molar-refractivity contribution in [3.8, 4) is 22.9 Å². The predicted molar refractivity (Wildman–Crippen MR) is 111 cm³/mol. The fraction of sp³-hybridized carbons (Fsp3) is 0.100. The third-order valence-corrected chi connectivity index (χ3v) is 5.24. The van der Waals surface area contributed by atoms with Crippen molar-refractivity contribution in [2.45, 2.75) is 11.3 Å². The van der Waals surface area contributed by atoms with Crippen LogP contribution < -0.4 is 5.32 Å². The van der Waals surface area contributed by atoms with Gasteiger partial charge in [-0.25, -0.2) is 4.98 Å². The number of benzene rings is 1. The molecule has 0 aliphatic heterocycles. The molecular formula is C20H12ClF3N4O3S. The third-order valence-electron chi connectivity index (χ3n) is 4.08. The summed E-state index contributed by atoms with van der Waals surface area (Å²) in [7, 11) is 0. The van der Waals surface area contributed by atoms with Crippen LogP contribution in [0.1, 0.15) is 5.56 Å². The van der Waals surface area contributed by atoms with Crippen molar-refractivity contribution in [2.75, 3.05) is 11.1 Å². The Hall–Kier alpha value is -3.31. The number of thioether (sulfide) groups is 1. The van der Waals surface area contributed by atoms with Crippen LogP contribution in [0.4, 0.5) is 18.9 Å². The summed E-state index contributed by atoms with van der Waals surface area (Å²) in [6, 6.07) is 9.43. The lowest BCUT2D eigenvalue weighted by Crippen LogP contribution is -2.16. The molecule has 3 heterocycles. The minimum absolute atomic E-state index is 0.0165. The van der Waals surface area contributed by atoms with Gasteiger partial charge in [0.15, 0.2) is 17.2 Å². The van der Waals surface area contributed by atoms with Crippen molar-refractivity contribution in [3.05, 3.63) is 65.6 Å². The molecule has 0 radical (unpaired) electrons. The number of halogens is 4. The van der Waals surface area contributed by atoms with Gasteiger partial charge in [0.2, 0.25) is 11.1 Å². The number of aromatic nitrogens is 3. The molecule has 164 valence electrons. The molecule has 0 spiro atoms. The lowest BCUT2D eigenvalue weighted by atomic mass is 10.2. The second kappa shape index (κ2) is 9.05. The number of alkyl halides is 3. The molecular weight excluding hydrogens is 469 g/mol. The van der Waals surface area contributed by atoms with E-state index < -0.39 is 17.6 Å². The molecule has 1 N–H and O–H groups in total. The lowest BCUT2D eigenvalue weighted by Gasteiger charge is -2.11. The van der Waals surface area contributed by atoms with Gasteiger partial charge in [0.05, 0.1) is 34.6 Å². The molecule has 0 aliphatic carbocycles. The van der Waals surface area contributed by atoms with Gasteiger partial charge in [-0.1, -0.05) is 23.4 Å². The van der Waals surface area contributed by atoms with Crippen molar-refractivity contribution in [3.63, 3.8) is 0 Å². The van der Waals surface area contributed by atoms with Gasteiger partial charge >= 0.3 is 6.18 Å². The van der Waals surface area contributed by atoms with Crippen LogP contribution >= 0.6 is 23.4 Å². The highest BCUT2D eigenvalue weighted by atomic mass is 35.5. The quantitative estimate of drug-likeness (QED) is 0.349. The zero-order valence-corrected chi connectivity index (χ0v) is 17.5. The van der Waals surface area contributed by atoms with Crippen LogP contribution in [0.15, 0.2) is 69.0 Å². The predicted octanol–water partition coefficient (Wildman–Crippen LogP) is 5.79. The van der Waals surface area contributed by atoms with Crippen LogP contribution in [0.25, 0.3) is 22.9 Å². The first kappa shape index (κ1) is 21.9. The second-order valence-electron chi connectivity index (χ2n) is 6.28. The van der Waals surface area contributed by atoms with E-state index in [2.05, 4.69) is 20.5 Å². The van der Waals surface area contributed by atoms with Crippen molar-refractivity contribution in [1.29, 1.82) is 0 Å². The van der Waals surface area contributed by atoms with E-state index >= 15 is 0 Å². The number of hydrogen-bond donors (Lipinski definition) is 1. The zero-order valence-electron chi connectivity index (χ0n) is 15.9. The van der Waals surface area contributed by atoms with E-state index in [1.807, 2.05) is 0 Å². The van der Waals surface area contributed by atoms with E-state index in [0.29, 0.717) is 22.9 Å². The van der Waals surface area contributed by atoms with E-state index in [9.17, 15) is 18.0 Å². The van der Waals surface area contributed by atoms with E-state index in [1.54, 1.807) is 24.3 Å². The first-order chi connectivity index (χ1) is 15.3. The van der Waals surface area contributed by atoms with E-state index in [4.69, 9.17) is 20.4 Å². The summed E-state index contributed by atoms with van der Waals surface area (Å²) in [5, 5.41) is 10.6. The minimum atomic E-state index is -4.56. The van der Waals surface area contributed by atoms with Gasteiger partial charge in [0.25, 0.3) is 0 Å². The first-order valence-corrected chi connectivity index (χ1v) is 10.3. The summed E-state index contributed by atoms with van der Waals surface area (Å²) < 4.78 is 49.5. The van der Waals surface area contributed by atoms with Crippen molar-refractivity contribution in [2.24, 2.45) is 0 Å². The molecule has 0 bridgehead atoms. The van der Waals surface area contributed by atoms with E-state index in [0.717, 1.165) is 30.0 Å². The van der Waals surface area contributed by atoms with Crippen molar-refractivity contribution < 1.29 is 26.8 Å². The number of carbonyl (C=O) groups excluding carboxylic acids is 1. The topological polar surface area (TPSA) is 94.0 Å². The summed E-state index contributed by atoms with van der Waals surface area (Å²) in [5.41, 5.74) is -0.345. The molecule has 3 aromatic heterocycles. The van der Waals surface area contributed by atoms with Crippen LogP contribution in [0.5, 0.6) is 0 Å². The Kier molecular flexibility index (Phi) is 6.19. The maximum Gasteiger partial charge on any atom is 0.416 e. The van der Waals surface area contributed by atoms with Crippen LogP contribution in [0.3, 0.4) is 0 Å². The number of amides is 1. The van der Waals surface area contributed by atoms with Crippen LogP contribution in [0.2, 0.25) is 5.02 Å². The molecule has 4 rings (SSSR count). The number of nitrogens with one attached hydrogen (secondary N) is 1. The largest absolute Gasteiger partial charge is 0.463 e. The Morgan fingerprint density at radius 1 is 1.03 bits per heavy atom. The Labute approximate surface area is 188 Å². The Balaban J connectivity index is 1.50. The van der Waals surface area contributed by atoms with Crippen molar-refractivity contribution >= 4 is 35.0 Å². The summed E-state index contributed by atoms with van der Waals surface area (Å²) in [5.74, 6) is 0.0825. The van der Waals surface area contributed by atoms with Crippen LogP contribution in [-0.2, 0) is 11.0 Å². The molecule has 1 amide bonds. The van der Waals surface area contributed by atoms with Gasteiger partial charge in [-0.05, 0) is 42.5 Å². The molecule has 0 atom stereocenters. The molecule has 0 fully saturated rings. The zero-order chi connectivity index (χ0) is 22.7.